The number of rotatable bonds is 7. The first-order chi connectivity index (χ1) is 7.26. The van der Waals surface area contributed by atoms with Crippen LogP contribution in [0.15, 0.2) is 5.38 Å². The molecule has 15 heavy (non-hydrogen) atoms. The topological polar surface area (TPSA) is 37.8 Å². The lowest BCUT2D eigenvalue weighted by atomic mass is 9.80. The van der Waals surface area contributed by atoms with Crippen molar-refractivity contribution in [2.24, 2.45) is 5.41 Å². The minimum atomic E-state index is 0.462. The fourth-order valence-electron chi connectivity index (χ4n) is 1.84. The number of nitrogens with one attached hydrogen (secondary N) is 1. The van der Waals surface area contributed by atoms with Crippen molar-refractivity contribution in [2.45, 2.75) is 46.6 Å². The second-order valence-electron chi connectivity index (χ2n) is 4.06. The summed E-state index contributed by atoms with van der Waals surface area (Å²) in [6.45, 7) is 8.75. The van der Waals surface area contributed by atoms with Crippen LogP contribution in [0.4, 0.5) is 0 Å². The van der Waals surface area contributed by atoms with E-state index in [0.29, 0.717) is 5.41 Å². The van der Waals surface area contributed by atoms with E-state index in [-0.39, 0.29) is 0 Å². The predicted octanol–water partition coefficient (Wildman–Crippen LogP) is 2.84. The number of hydrogen-bond acceptors (Lipinski definition) is 4. The molecule has 0 aliphatic rings. The molecule has 1 rings (SSSR count). The molecule has 0 aromatic carbocycles. The van der Waals surface area contributed by atoms with Gasteiger partial charge in [-0.1, -0.05) is 25.3 Å². The van der Waals surface area contributed by atoms with Crippen LogP contribution in [0.25, 0.3) is 0 Å². The lowest BCUT2D eigenvalue weighted by Gasteiger charge is -2.30. The summed E-state index contributed by atoms with van der Waals surface area (Å²) in [6, 6.07) is 0. The molecule has 0 bridgehead atoms. The van der Waals surface area contributed by atoms with Crippen molar-refractivity contribution >= 4 is 11.5 Å². The molecule has 1 aromatic heterocycles. The Balaban J connectivity index is 2.34. The summed E-state index contributed by atoms with van der Waals surface area (Å²) in [5.74, 6) is 0. The van der Waals surface area contributed by atoms with E-state index in [4.69, 9.17) is 0 Å². The normalized spacial score (nSPS) is 11.9. The molecule has 0 radical (unpaired) electrons. The SMILES string of the molecule is CCC(CC)(CC)CNCc1csnn1. The van der Waals surface area contributed by atoms with Gasteiger partial charge in [-0.05, 0) is 36.2 Å². The second kappa shape index (κ2) is 6.18. The molecule has 3 nitrogen and oxygen atoms in total. The molecule has 86 valence electrons. The molecule has 4 heteroatoms. The van der Waals surface area contributed by atoms with Crippen molar-refractivity contribution in [3.05, 3.63) is 11.1 Å². The molecule has 0 unspecified atom stereocenters. The van der Waals surface area contributed by atoms with Crippen LogP contribution in [0.5, 0.6) is 0 Å². The van der Waals surface area contributed by atoms with E-state index in [9.17, 15) is 0 Å². The summed E-state index contributed by atoms with van der Waals surface area (Å²) in [4.78, 5) is 0. The third-order valence-electron chi connectivity index (χ3n) is 3.46. The van der Waals surface area contributed by atoms with Gasteiger partial charge in [0, 0.05) is 18.5 Å². The van der Waals surface area contributed by atoms with Gasteiger partial charge in [0.2, 0.25) is 0 Å². The third-order valence-corrected chi connectivity index (χ3v) is 4.01. The van der Waals surface area contributed by atoms with Crippen LogP contribution in [0.2, 0.25) is 0 Å². The van der Waals surface area contributed by atoms with Crippen molar-refractivity contribution in [3.63, 3.8) is 0 Å². The maximum Gasteiger partial charge on any atom is 0.0893 e. The van der Waals surface area contributed by atoms with Crippen molar-refractivity contribution in [2.75, 3.05) is 6.54 Å². The van der Waals surface area contributed by atoms with Gasteiger partial charge in [0.05, 0.1) is 5.69 Å². The van der Waals surface area contributed by atoms with E-state index in [0.717, 1.165) is 18.8 Å². The molecule has 0 saturated carbocycles. The fourth-order valence-corrected chi connectivity index (χ4v) is 2.29. The Morgan fingerprint density at radius 2 is 1.93 bits per heavy atom. The van der Waals surface area contributed by atoms with Gasteiger partial charge in [-0.15, -0.1) is 5.10 Å². The molecule has 1 heterocycles. The van der Waals surface area contributed by atoms with Crippen molar-refractivity contribution in [1.29, 1.82) is 0 Å². The average Bonchev–Trinajstić information content (AvgIpc) is 2.78. The average molecular weight is 227 g/mol. The summed E-state index contributed by atoms with van der Waals surface area (Å²) in [7, 11) is 0. The maximum atomic E-state index is 4.02. The van der Waals surface area contributed by atoms with Gasteiger partial charge in [0.1, 0.15) is 0 Å². The molecule has 0 atom stereocenters. The Morgan fingerprint density at radius 3 is 2.40 bits per heavy atom. The Labute approximate surface area is 96.5 Å². The van der Waals surface area contributed by atoms with Crippen molar-refractivity contribution in [1.82, 2.24) is 14.9 Å². The van der Waals surface area contributed by atoms with Gasteiger partial charge >= 0.3 is 0 Å². The highest BCUT2D eigenvalue weighted by molar-refractivity contribution is 7.03. The maximum absolute atomic E-state index is 4.02. The van der Waals surface area contributed by atoms with Crippen LogP contribution < -0.4 is 5.32 Å². The molecule has 0 spiro atoms. The van der Waals surface area contributed by atoms with Crippen LogP contribution in [-0.2, 0) is 6.54 Å². The van der Waals surface area contributed by atoms with E-state index >= 15 is 0 Å². The summed E-state index contributed by atoms with van der Waals surface area (Å²) in [6.07, 6.45) is 3.72. The van der Waals surface area contributed by atoms with E-state index in [2.05, 4.69) is 35.7 Å². The van der Waals surface area contributed by atoms with Crippen LogP contribution in [-0.4, -0.2) is 16.1 Å². The molecule has 0 fully saturated rings. The smallest absolute Gasteiger partial charge is 0.0893 e. The lowest BCUT2D eigenvalue weighted by molar-refractivity contribution is 0.237. The van der Waals surface area contributed by atoms with E-state index in [1.165, 1.54) is 30.8 Å². The highest BCUT2D eigenvalue weighted by Gasteiger charge is 2.22. The minimum absolute atomic E-state index is 0.462. The molecule has 0 aliphatic heterocycles. The molecule has 0 saturated heterocycles. The number of nitrogens with zero attached hydrogens (tertiary/aromatic N) is 2. The summed E-state index contributed by atoms with van der Waals surface area (Å²) in [5.41, 5.74) is 1.51. The second-order valence-corrected chi connectivity index (χ2v) is 4.67. The van der Waals surface area contributed by atoms with Gasteiger partial charge in [-0.2, -0.15) is 0 Å². The van der Waals surface area contributed by atoms with Crippen LogP contribution in [0.3, 0.4) is 0 Å². The van der Waals surface area contributed by atoms with Crippen LogP contribution in [0, 0.1) is 5.41 Å². The first-order valence-corrected chi connectivity index (χ1v) is 6.56. The van der Waals surface area contributed by atoms with E-state index < -0.39 is 0 Å². The monoisotopic (exact) mass is 227 g/mol. The minimum Gasteiger partial charge on any atom is -0.311 e. The number of aromatic nitrogens is 2. The first kappa shape index (κ1) is 12.6. The van der Waals surface area contributed by atoms with Crippen LogP contribution >= 0.6 is 11.5 Å². The van der Waals surface area contributed by atoms with Crippen LogP contribution in [0.1, 0.15) is 45.7 Å². The highest BCUT2D eigenvalue weighted by atomic mass is 32.1. The third kappa shape index (κ3) is 3.54. The fraction of sp³-hybridized carbons (Fsp3) is 0.818. The molecule has 0 amide bonds. The molecule has 1 N–H and O–H groups in total. The first-order valence-electron chi connectivity index (χ1n) is 5.73. The highest BCUT2D eigenvalue weighted by Crippen LogP contribution is 2.29. The Bertz CT molecular complexity index is 247. The quantitative estimate of drug-likeness (QED) is 0.778. The van der Waals surface area contributed by atoms with Gasteiger partial charge in [-0.25, -0.2) is 0 Å². The van der Waals surface area contributed by atoms with Crippen molar-refractivity contribution in [3.8, 4) is 0 Å². The van der Waals surface area contributed by atoms with Gasteiger partial charge < -0.3 is 5.32 Å². The lowest BCUT2D eigenvalue weighted by Crippen LogP contribution is -2.32. The van der Waals surface area contributed by atoms with E-state index in [1.54, 1.807) is 0 Å². The standard InChI is InChI=1S/C11H21N3S/c1-4-11(5-2,6-3)9-12-7-10-8-15-14-13-10/h8,12H,4-7,9H2,1-3H3. The Kier molecular flexibility index (Phi) is 5.19. The zero-order chi connectivity index (χ0) is 11.1. The van der Waals surface area contributed by atoms with E-state index in [1.807, 2.05) is 5.38 Å². The Hall–Kier alpha value is -0.480. The molecule has 1 aromatic rings. The Morgan fingerprint density at radius 1 is 1.27 bits per heavy atom. The summed E-state index contributed by atoms with van der Waals surface area (Å²) < 4.78 is 3.85. The van der Waals surface area contributed by atoms with Gasteiger partial charge in [0.25, 0.3) is 0 Å². The molecular weight excluding hydrogens is 206 g/mol. The van der Waals surface area contributed by atoms with Gasteiger partial charge in [-0.3, -0.25) is 0 Å². The zero-order valence-corrected chi connectivity index (χ0v) is 10.7. The zero-order valence-electron chi connectivity index (χ0n) is 9.92. The predicted molar refractivity (Wildman–Crippen MR) is 64.9 cm³/mol. The molecule has 0 aliphatic carbocycles. The summed E-state index contributed by atoms with van der Waals surface area (Å²) >= 11 is 1.41. The van der Waals surface area contributed by atoms with Gasteiger partial charge in [0.15, 0.2) is 0 Å². The summed E-state index contributed by atoms with van der Waals surface area (Å²) in [5, 5.41) is 9.50. The van der Waals surface area contributed by atoms with Crippen molar-refractivity contribution < 1.29 is 0 Å². The largest absolute Gasteiger partial charge is 0.311 e. The molecular formula is C11H21N3S. The number of hydrogen-bond donors (Lipinski definition) is 1.